The molecular weight excluding hydrogens is 1000 g/mol. The second-order valence-electron chi connectivity index (χ2n) is 18.8. The predicted molar refractivity (Wildman–Crippen MR) is 281 cm³/mol. The topological polar surface area (TPSA) is 270 Å². The van der Waals surface area contributed by atoms with Gasteiger partial charge in [-0.3, -0.25) is 24.0 Å². The molecule has 1 fully saturated rings. The Morgan fingerprint density at radius 3 is 2.13 bits per heavy atom. The number of aryl methyl sites for hydroxylation is 2. The highest BCUT2D eigenvalue weighted by Crippen LogP contribution is 2.29. The minimum Gasteiger partial charge on any atom is -0.490 e. The first-order valence-corrected chi connectivity index (χ1v) is 25.8. The van der Waals surface area contributed by atoms with E-state index in [-0.39, 0.29) is 74.7 Å². The molecule has 0 saturated carbocycles. The van der Waals surface area contributed by atoms with Gasteiger partial charge in [-0.25, -0.2) is 19.6 Å². The van der Waals surface area contributed by atoms with E-state index in [9.17, 15) is 29.1 Å². The number of oxazole rings is 1. The summed E-state index contributed by atoms with van der Waals surface area (Å²) in [6.45, 7) is 11.2. The van der Waals surface area contributed by atoms with E-state index in [0.717, 1.165) is 21.7 Å². The fraction of sp³-hybridized carbons (Fsp3) is 0.453. The molecule has 22 nitrogen and oxygen atoms in total. The predicted octanol–water partition coefficient (Wildman–Crippen LogP) is 4.33. The lowest BCUT2D eigenvalue weighted by Crippen LogP contribution is -2.57. The largest absolute Gasteiger partial charge is 0.490 e. The molecule has 406 valence electrons. The smallest absolute Gasteiger partial charge is 0.274 e. The minimum atomic E-state index is -0.938. The van der Waals surface area contributed by atoms with Crippen molar-refractivity contribution < 1.29 is 57.1 Å². The number of β-amino-alcohol motifs (C(OH)–C–C–N with tert-alkyl or cyclic N) is 1. The van der Waals surface area contributed by atoms with Crippen LogP contribution >= 0.6 is 11.3 Å². The zero-order valence-corrected chi connectivity index (χ0v) is 44.1. The van der Waals surface area contributed by atoms with E-state index in [1.165, 1.54) is 35.0 Å². The zero-order valence-electron chi connectivity index (χ0n) is 43.3. The van der Waals surface area contributed by atoms with Crippen LogP contribution in [-0.2, 0) is 51.7 Å². The number of rotatable bonds is 28. The minimum absolute atomic E-state index is 0.0132. The van der Waals surface area contributed by atoms with Crippen LogP contribution in [0.3, 0.4) is 0 Å². The highest BCUT2D eigenvalue weighted by Gasteiger charge is 2.44. The number of carbonyl (C=O) groups excluding carboxylic acids is 4. The second-order valence-corrected chi connectivity index (χ2v) is 19.7. The Bertz CT molecular complexity index is 2920. The molecule has 4 aromatic heterocycles. The number of thiazole rings is 1. The summed E-state index contributed by atoms with van der Waals surface area (Å²) in [7, 11) is 1.54. The van der Waals surface area contributed by atoms with Crippen LogP contribution in [0.1, 0.15) is 55.4 Å². The Kier molecular flexibility index (Phi) is 20.7. The number of aliphatic hydroxyl groups excluding tert-OH is 1. The average molecular weight is 1070 g/mol. The number of nitrogens with zero attached hydrogens (tertiary/aromatic N) is 6. The molecule has 0 aliphatic carbocycles. The van der Waals surface area contributed by atoms with Crippen LogP contribution in [0.2, 0.25) is 0 Å². The van der Waals surface area contributed by atoms with Crippen molar-refractivity contribution >= 4 is 51.8 Å². The molecule has 3 atom stereocenters. The maximum Gasteiger partial charge on any atom is 0.274 e. The number of anilines is 1. The Hall–Kier alpha value is -6.99. The maximum atomic E-state index is 13.9. The number of nitrogens with one attached hydrogen (secondary N) is 3. The second kappa shape index (κ2) is 27.7. The number of pyridine rings is 1. The summed E-state index contributed by atoms with van der Waals surface area (Å²) in [5.74, 6) is -0.869. The van der Waals surface area contributed by atoms with Gasteiger partial charge in [-0.2, -0.15) is 5.10 Å². The van der Waals surface area contributed by atoms with Crippen molar-refractivity contribution in [2.75, 3.05) is 84.5 Å². The van der Waals surface area contributed by atoms with Gasteiger partial charge in [0.1, 0.15) is 41.3 Å². The Morgan fingerprint density at radius 2 is 1.51 bits per heavy atom. The molecule has 0 bridgehead atoms. The van der Waals surface area contributed by atoms with Crippen molar-refractivity contribution in [3.8, 4) is 27.8 Å². The van der Waals surface area contributed by atoms with E-state index < -0.39 is 35.4 Å². The number of amides is 4. The van der Waals surface area contributed by atoms with Gasteiger partial charge in [-0.05, 0) is 59.9 Å². The van der Waals surface area contributed by atoms with Crippen LogP contribution in [0.4, 0.5) is 5.69 Å². The Morgan fingerprint density at radius 1 is 0.842 bits per heavy atom. The lowest BCUT2D eigenvalue weighted by molar-refractivity contribution is -0.144. The number of hydrogen-bond acceptors (Lipinski definition) is 18. The van der Waals surface area contributed by atoms with Crippen molar-refractivity contribution in [3.05, 3.63) is 106 Å². The normalized spacial score (nSPS) is 14.9. The summed E-state index contributed by atoms with van der Waals surface area (Å²) >= 11 is 1.57. The van der Waals surface area contributed by atoms with Gasteiger partial charge < -0.3 is 58.8 Å². The molecule has 1 saturated heterocycles. The standard InChI is InChI=1S/C53H65N9O13S/c1-34-47(76-33-56-34)36-8-6-35(7-9-36)30-55-50(67)43-29-38(63)32-62(43)52(68)48(53(2,3)4)59-45(64)16-17-69-18-19-70-20-21-71-22-23-72-24-25-73-26-27-74-39-11-12-40(54-31-39)49(66)57-37-10-14-44-42(28-37)58-51(75-44)41-13-15-46(65)61(5)60-41/h6-15,28,31,33,38,43,48,63H,16-27,29-30,32H2,1-5H3,(H,55,67)(H,57,66)(H,59,64)/t38-,43+,48-/m0/s1. The van der Waals surface area contributed by atoms with Crippen LogP contribution < -0.4 is 26.2 Å². The average Bonchev–Trinajstić information content (AvgIpc) is 4.16. The SMILES string of the molecule is Cc1ncsc1-c1ccc(CNC(=O)[C@H]2C[C@H](O)CN2C(=O)[C@H](NC(=O)CCOCCOCCOCCOCCOCCOc2ccc(C(=O)Nc3ccc4oc(-c5ccc(=O)n(C)n5)nc4c3)nc2)C(C)(C)C)cc1. The molecule has 0 unspecified atom stereocenters. The van der Waals surface area contributed by atoms with Crippen molar-refractivity contribution in [3.63, 3.8) is 0 Å². The summed E-state index contributed by atoms with van der Waals surface area (Å²) in [5, 5.41) is 23.3. The zero-order chi connectivity index (χ0) is 54.0. The highest BCUT2D eigenvalue weighted by molar-refractivity contribution is 7.13. The number of likely N-dealkylation sites (tertiary alicyclic amines) is 1. The number of ether oxygens (including phenoxy) is 6. The Labute approximate surface area is 443 Å². The van der Waals surface area contributed by atoms with Gasteiger partial charge in [-0.15, -0.1) is 11.3 Å². The van der Waals surface area contributed by atoms with Crippen LogP contribution in [0, 0.1) is 12.3 Å². The van der Waals surface area contributed by atoms with Gasteiger partial charge in [0.05, 0.1) is 94.5 Å². The number of fused-ring (bicyclic) bond motifs is 1. The molecule has 2 aromatic carbocycles. The third kappa shape index (κ3) is 16.5. The van der Waals surface area contributed by atoms with Crippen LogP contribution in [0.5, 0.6) is 5.75 Å². The molecule has 1 aliphatic heterocycles. The number of carbonyl (C=O) groups is 4. The first-order chi connectivity index (χ1) is 36.6. The highest BCUT2D eigenvalue weighted by atomic mass is 32.1. The van der Waals surface area contributed by atoms with E-state index in [4.69, 9.17) is 32.8 Å². The lowest BCUT2D eigenvalue weighted by Gasteiger charge is -2.35. The van der Waals surface area contributed by atoms with Crippen LogP contribution in [0.15, 0.2) is 87.6 Å². The summed E-state index contributed by atoms with van der Waals surface area (Å²) in [4.78, 5) is 80.3. The quantitative estimate of drug-likeness (QED) is 0.0498. The van der Waals surface area contributed by atoms with Crippen molar-refractivity contribution in [1.82, 2.24) is 40.3 Å². The van der Waals surface area contributed by atoms with Crippen molar-refractivity contribution in [2.24, 2.45) is 12.5 Å². The fourth-order valence-electron chi connectivity index (χ4n) is 7.90. The first-order valence-electron chi connectivity index (χ1n) is 24.9. The first kappa shape index (κ1) is 56.7. The summed E-state index contributed by atoms with van der Waals surface area (Å²) in [6, 6.07) is 17.2. The Balaban J connectivity index is 0.673. The molecule has 0 radical (unpaired) electrons. The summed E-state index contributed by atoms with van der Waals surface area (Å²) in [5.41, 5.74) is 5.85. The lowest BCUT2D eigenvalue weighted by atomic mass is 9.85. The monoisotopic (exact) mass is 1070 g/mol. The van der Waals surface area contributed by atoms with Gasteiger partial charge >= 0.3 is 0 Å². The van der Waals surface area contributed by atoms with E-state index in [2.05, 4.69) is 36.0 Å². The summed E-state index contributed by atoms with van der Waals surface area (Å²) < 4.78 is 40.5. The van der Waals surface area contributed by atoms with Gasteiger partial charge in [0, 0.05) is 44.7 Å². The molecule has 4 amide bonds. The number of aliphatic hydroxyl groups is 1. The molecule has 6 aromatic rings. The van der Waals surface area contributed by atoms with Gasteiger partial charge in [0.25, 0.3) is 11.5 Å². The van der Waals surface area contributed by atoms with Gasteiger partial charge in [0.15, 0.2) is 5.58 Å². The van der Waals surface area contributed by atoms with Gasteiger partial charge in [-0.1, -0.05) is 45.0 Å². The third-order valence-corrected chi connectivity index (χ3v) is 12.9. The molecule has 5 heterocycles. The molecular formula is C53H65N9O13S. The molecule has 1 aliphatic rings. The molecule has 23 heteroatoms. The van der Waals surface area contributed by atoms with Crippen LogP contribution in [-0.4, -0.2) is 156 Å². The molecule has 4 N–H and O–H groups in total. The number of hydrogen-bond donors (Lipinski definition) is 4. The molecule has 0 spiro atoms. The van der Waals surface area contributed by atoms with Gasteiger partial charge in [0.2, 0.25) is 23.6 Å². The number of benzene rings is 2. The van der Waals surface area contributed by atoms with E-state index in [1.54, 1.807) is 41.7 Å². The molecule has 7 rings (SSSR count). The van der Waals surface area contributed by atoms with E-state index in [0.29, 0.717) is 81.1 Å². The van der Waals surface area contributed by atoms with Crippen LogP contribution in [0.25, 0.3) is 33.1 Å². The molecule has 76 heavy (non-hydrogen) atoms. The van der Waals surface area contributed by atoms with Crippen molar-refractivity contribution in [2.45, 2.75) is 65.3 Å². The third-order valence-electron chi connectivity index (χ3n) is 12.0. The maximum absolute atomic E-state index is 13.9. The fourth-order valence-corrected chi connectivity index (χ4v) is 8.72. The van der Waals surface area contributed by atoms with Crippen molar-refractivity contribution in [1.29, 1.82) is 0 Å². The summed E-state index contributed by atoms with van der Waals surface area (Å²) in [6.07, 6.45) is 0.703. The van der Waals surface area contributed by atoms with E-state index in [1.807, 2.05) is 57.5 Å². The number of aromatic nitrogens is 5. The van der Waals surface area contributed by atoms with E-state index >= 15 is 0 Å².